The number of hydrogen-bond donors (Lipinski definition) is 1. The molecule has 0 aromatic heterocycles. The molecule has 0 radical (unpaired) electrons. The standard InChI is InChI=1S/C18H23N/c1-4-8-17(16-9-6-5-7-10-16)19-18-13-14(2)11-12-15(18)3/h5-7,9-13,17,19H,4,8H2,1-3H3. The molecule has 1 nitrogen and oxygen atoms in total. The van der Waals surface area contributed by atoms with Gasteiger partial charge >= 0.3 is 0 Å². The minimum absolute atomic E-state index is 0.395. The summed E-state index contributed by atoms with van der Waals surface area (Å²) in [7, 11) is 0. The summed E-state index contributed by atoms with van der Waals surface area (Å²) in [5.74, 6) is 0. The van der Waals surface area contributed by atoms with Gasteiger partial charge in [-0.15, -0.1) is 0 Å². The van der Waals surface area contributed by atoms with Crippen LogP contribution in [0, 0.1) is 13.8 Å². The molecule has 0 heterocycles. The lowest BCUT2D eigenvalue weighted by Gasteiger charge is -2.21. The van der Waals surface area contributed by atoms with E-state index in [-0.39, 0.29) is 0 Å². The van der Waals surface area contributed by atoms with Gasteiger partial charge < -0.3 is 5.32 Å². The molecule has 0 saturated carbocycles. The Balaban J connectivity index is 2.24. The predicted octanol–water partition coefficient (Wildman–Crippen LogP) is 5.26. The average molecular weight is 253 g/mol. The number of aryl methyl sites for hydroxylation is 2. The summed E-state index contributed by atoms with van der Waals surface area (Å²) < 4.78 is 0. The zero-order valence-corrected chi connectivity index (χ0v) is 12.1. The first-order chi connectivity index (χ1) is 9.20. The van der Waals surface area contributed by atoms with Crippen molar-refractivity contribution in [1.29, 1.82) is 0 Å². The largest absolute Gasteiger partial charge is 0.378 e. The number of rotatable bonds is 5. The van der Waals surface area contributed by atoms with E-state index in [0.29, 0.717) is 6.04 Å². The van der Waals surface area contributed by atoms with Gasteiger partial charge in [-0.1, -0.05) is 55.8 Å². The quantitative estimate of drug-likeness (QED) is 0.766. The van der Waals surface area contributed by atoms with Gasteiger partial charge in [-0.25, -0.2) is 0 Å². The van der Waals surface area contributed by atoms with Gasteiger partial charge in [0.05, 0.1) is 6.04 Å². The number of nitrogens with one attached hydrogen (secondary N) is 1. The maximum atomic E-state index is 3.71. The van der Waals surface area contributed by atoms with Crippen molar-refractivity contribution in [1.82, 2.24) is 0 Å². The van der Waals surface area contributed by atoms with Crippen molar-refractivity contribution >= 4 is 5.69 Å². The Morgan fingerprint density at radius 3 is 2.42 bits per heavy atom. The van der Waals surface area contributed by atoms with Gasteiger partial charge in [-0.2, -0.15) is 0 Å². The molecule has 1 atom stereocenters. The summed E-state index contributed by atoms with van der Waals surface area (Å²) in [5, 5.41) is 3.71. The molecule has 0 fully saturated rings. The van der Waals surface area contributed by atoms with Gasteiger partial charge in [-0.05, 0) is 43.0 Å². The van der Waals surface area contributed by atoms with E-state index in [0.717, 1.165) is 6.42 Å². The van der Waals surface area contributed by atoms with Crippen molar-refractivity contribution in [3.05, 3.63) is 65.2 Å². The molecule has 0 saturated heterocycles. The lowest BCUT2D eigenvalue weighted by atomic mass is 10.0. The average Bonchev–Trinajstić information content (AvgIpc) is 2.43. The van der Waals surface area contributed by atoms with E-state index in [9.17, 15) is 0 Å². The molecule has 1 heteroatoms. The Kier molecular flexibility index (Phi) is 4.62. The fraction of sp³-hybridized carbons (Fsp3) is 0.333. The molecule has 19 heavy (non-hydrogen) atoms. The third-order valence-corrected chi connectivity index (χ3v) is 3.50. The van der Waals surface area contributed by atoms with Crippen LogP contribution in [0.25, 0.3) is 0 Å². The summed E-state index contributed by atoms with van der Waals surface area (Å²) >= 11 is 0. The van der Waals surface area contributed by atoms with E-state index < -0.39 is 0 Å². The summed E-state index contributed by atoms with van der Waals surface area (Å²) in [6.07, 6.45) is 2.33. The topological polar surface area (TPSA) is 12.0 Å². The van der Waals surface area contributed by atoms with Crippen molar-refractivity contribution in [3.8, 4) is 0 Å². The van der Waals surface area contributed by atoms with Gasteiger partial charge in [0.25, 0.3) is 0 Å². The Labute approximate surface area is 116 Å². The maximum Gasteiger partial charge on any atom is 0.0513 e. The van der Waals surface area contributed by atoms with Crippen LogP contribution in [0.5, 0.6) is 0 Å². The fourth-order valence-electron chi connectivity index (χ4n) is 2.38. The van der Waals surface area contributed by atoms with E-state index >= 15 is 0 Å². The van der Waals surface area contributed by atoms with E-state index in [2.05, 4.69) is 74.6 Å². The first kappa shape index (κ1) is 13.7. The van der Waals surface area contributed by atoms with E-state index in [1.54, 1.807) is 0 Å². The fourth-order valence-corrected chi connectivity index (χ4v) is 2.38. The van der Waals surface area contributed by atoms with Crippen LogP contribution in [0.4, 0.5) is 5.69 Å². The van der Waals surface area contributed by atoms with Gasteiger partial charge in [0.2, 0.25) is 0 Å². The Morgan fingerprint density at radius 1 is 1.00 bits per heavy atom. The van der Waals surface area contributed by atoms with Crippen LogP contribution in [0.1, 0.15) is 42.5 Å². The van der Waals surface area contributed by atoms with Crippen LogP contribution in [-0.4, -0.2) is 0 Å². The first-order valence-corrected chi connectivity index (χ1v) is 7.09. The molecule has 2 aromatic carbocycles. The Bertz CT molecular complexity index is 516. The van der Waals surface area contributed by atoms with Gasteiger partial charge in [0, 0.05) is 5.69 Å². The third-order valence-electron chi connectivity index (χ3n) is 3.50. The van der Waals surface area contributed by atoms with Crippen molar-refractivity contribution in [3.63, 3.8) is 0 Å². The summed E-state index contributed by atoms with van der Waals surface area (Å²) in [6.45, 7) is 6.54. The highest BCUT2D eigenvalue weighted by Crippen LogP contribution is 2.26. The van der Waals surface area contributed by atoms with Gasteiger partial charge in [0.1, 0.15) is 0 Å². The van der Waals surface area contributed by atoms with Crippen LogP contribution in [0.3, 0.4) is 0 Å². The predicted molar refractivity (Wildman–Crippen MR) is 83.6 cm³/mol. The number of benzene rings is 2. The molecule has 0 aliphatic heterocycles. The number of anilines is 1. The molecule has 100 valence electrons. The van der Waals surface area contributed by atoms with Crippen LogP contribution < -0.4 is 5.32 Å². The van der Waals surface area contributed by atoms with Crippen LogP contribution in [0.2, 0.25) is 0 Å². The highest BCUT2D eigenvalue weighted by molar-refractivity contribution is 5.54. The second-order valence-corrected chi connectivity index (χ2v) is 5.21. The normalized spacial score (nSPS) is 12.2. The van der Waals surface area contributed by atoms with E-state index in [4.69, 9.17) is 0 Å². The molecule has 0 aliphatic carbocycles. The van der Waals surface area contributed by atoms with Crippen LogP contribution >= 0.6 is 0 Å². The Morgan fingerprint density at radius 2 is 1.74 bits per heavy atom. The monoisotopic (exact) mass is 253 g/mol. The highest BCUT2D eigenvalue weighted by Gasteiger charge is 2.11. The zero-order chi connectivity index (χ0) is 13.7. The van der Waals surface area contributed by atoms with Crippen molar-refractivity contribution in [2.24, 2.45) is 0 Å². The molecular formula is C18H23N. The Hall–Kier alpha value is -1.76. The van der Waals surface area contributed by atoms with Crippen molar-refractivity contribution in [2.75, 3.05) is 5.32 Å². The molecular weight excluding hydrogens is 230 g/mol. The lowest BCUT2D eigenvalue weighted by molar-refractivity contribution is 0.677. The SMILES string of the molecule is CCCC(Nc1cc(C)ccc1C)c1ccccc1. The van der Waals surface area contributed by atoms with Crippen molar-refractivity contribution < 1.29 is 0 Å². The molecule has 0 aliphatic rings. The molecule has 0 bridgehead atoms. The second-order valence-electron chi connectivity index (χ2n) is 5.21. The highest BCUT2D eigenvalue weighted by atomic mass is 14.9. The van der Waals surface area contributed by atoms with E-state index in [1.165, 1.54) is 28.8 Å². The van der Waals surface area contributed by atoms with Crippen molar-refractivity contribution in [2.45, 2.75) is 39.7 Å². The van der Waals surface area contributed by atoms with Gasteiger partial charge in [-0.3, -0.25) is 0 Å². The maximum absolute atomic E-state index is 3.71. The van der Waals surface area contributed by atoms with E-state index in [1.807, 2.05) is 0 Å². The summed E-state index contributed by atoms with van der Waals surface area (Å²) in [6, 6.07) is 17.7. The molecule has 2 rings (SSSR count). The second kappa shape index (κ2) is 6.42. The zero-order valence-electron chi connectivity index (χ0n) is 12.1. The minimum atomic E-state index is 0.395. The molecule has 0 amide bonds. The molecule has 1 N–H and O–H groups in total. The molecule has 1 unspecified atom stereocenters. The number of hydrogen-bond acceptors (Lipinski definition) is 1. The van der Waals surface area contributed by atoms with Gasteiger partial charge in [0.15, 0.2) is 0 Å². The van der Waals surface area contributed by atoms with Crippen LogP contribution in [-0.2, 0) is 0 Å². The first-order valence-electron chi connectivity index (χ1n) is 7.09. The van der Waals surface area contributed by atoms with Crippen LogP contribution in [0.15, 0.2) is 48.5 Å². The smallest absolute Gasteiger partial charge is 0.0513 e. The summed E-state index contributed by atoms with van der Waals surface area (Å²) in [5.41, 5.74) is 5.23. The summed E-state index contributed by atoms with van der Waals surface area (Å²) in [4.78, 5) is 0. The molecule has 2 aromatic rings. The third kappa shape index (κ3) is 3.60. The molecule has 0 spiro atoms. The lowest BCUT2D eigenvalue weighted by Crippen LogP contribution is -2.11. The minimum Gasteiger partial charge on any atom is -0.378 e.